The SMILES string of the molecule is O=C(NC(c1ccccc1)c1ccco1)OCc1ccccc1. The lowest BCUT2D eigenvalue weighted by atomic mass is 10.1. The van der Waals surface area contributed by atoms with Crippen molar-refractivity contribution in [3.8, 4) is 0 Å². The summed E-state index contributed by atoms with van der Waals surface area (Å²) in [5.41, 5.74) is 1.87. The maximum atomic E-state index is 12.1. The van der Waals surface area contributed by atoms with E-state index in [1.165, 1.54) is 0 Å². The molecule has 1 amide bonds. The van der Waals surface area contributed by atoms with Gasteiger partial charge in [0.2, 0.25) is 0 Å². The zero-order valence-corrected chi connectivity index (χ0v) is 12.5. The summed E-state index contributed by atoms with van der Waals surface area (Å²) < 4.78 is 10.7. The molecule has 4 nitrogen and oxygen atoms in total. The summed E-state index contributed by atoms with van der Waals surface area (Å²) in [6.45, 7) is 0.229. The van der Waals surface area contributed by atoms with Gasteiger partial charge in [-0.2, -0.15) is 0 Å². The monoisotopic (exact) mass is 307 g/mol. The van der Waals surface area contributed by atoms with Crippen LogP contribution in [-0.2, 0) is 11.3 Å². The van der Waals surface area contributed by atoms with Crippen LogP contribution in [0.25, 0.3) is 0 Å². The van der Waals surface area contributed by atoms with Crippen molar-refractivity contribution >= 4 is 6.09 Å². The van der Waals surface area contributed by atoms with Gasteiger partial charge in [-0.05, 0) is 23.3 Å². The van der Waals surface area contributed by atoms with Gasteiger partial charge in [0.15, 0.2) is 0 Å². The molecule has 1 heterocycles. The molecule has 1 unspecified atom stereocenters. The van der Waals surface area contributed by atoms with Crippen LogP contribution in [0.2, 0.25) is 0 Å². The first-order chi connectivity index (χ1) is 11.3. The highest BCUT2D eigenvalue weighted by Crippen LogP contribution is 2.22. The van der Waals surface area contributed by atoms with Crippen molar-refractivity contribution in [2.75, 3.05) is 0 Å². The van der Waals surface area contributed by atoms with Gasteiger partial charge in [-0.15, -0.1) is 0 Å². The number of rotatable bonds is 5. The molecule has 0 saturated heterocycles. The molecule has 0 fully saturated rings. The minimum atomic E-state index is -0.487. The molecule has 116 valence electrons. The largest absolute Gasteiger partial charge is 0.467 e. The molecule has 0 saturated carbocycles. The zero-order chi connectivity index (χ0) is 15.9. The molecule has 4 heteroatoms. The number of alkyl carbamates (subject to hydrolysis) is 1. The van der Waals surface area contributed by atoms with Gasteiger partial charge in [0.1, 0.15) is 18.4 Å². The molecule has 3 rings (SSSR count). The average Bonchev–Trinajstić information content (AvgIpc) is 3.14. The Morgan fingerprint density at radius 2 is 1.65 bits per heavy atom. The molecule has 0 aliphatic heterocycles. The summed E-state index contributed by atoms with van der Waals surface area (Å²) in [6.07, 6.45) is 1.10. The summed E-state index contributed by atoms with van der Waals surface area (Å²) in [7, 11) is 0. The number of ether oxygens (including phenoxy) is 1. The number of carbonyl (C=O) groups is 1. The minimum absolute atomic E-state index is 0.229. The molecule has 0 bridgehead atoms. The van der Waals surface area contributed by atoms with Crippen molar-refractivity contribution in [1.29, 1.82) is 0 Å². The maximum absolute atomic E-state index is 12.1. The summed E-state index contributed by atoms with van der Waals surface area (Å²) in [4.78, 5) is 12.1. The van der Waals surface area contributed by atoms with Gasteiger partial charge in [-0.25, -0.2) is 4.79 Å². The van der Waals surface area contributed by atoms with E-state index in [9.17, 15) is 4.79 Å². The van der Waals surface area contributed by atoms with E-state index in [1.54, 1.807) is 12.3 Å². The number of nitrogens with one attached hydrogen (secondary N) is 1. The molecule has 0 aliphatic carbocycles. The topological polar surface area (TPSA) is 51.5 Å². The van der Waals surface area contributed by atoms with Crippen LogP contribution in [0, 0.1) is 0 Å². The van der Waals surface area contributed by atoms with Crippen LogP contribution in [-0.4, -0.2) is 6.09 Å². The molecule has 3 aromatic rings. The smallest absolute Gasteiger partial charge is 0.408 e. The Labute approximate surface area is 134 Å². The highest BCUT2D eigenvalue weighted by Gasteiger charge is 2.19. The zero-order valence-electron chi connectivity index (χ0n) is 12.5. The van der Waals surface area contributed by atoms with Crippen molar-refractivity contribution in [1.82, 2.24) is 5.32 Å². The highest BCUT2D eigenvalue weighted by atomic mass is 16.5. The first-order valence-corrected chi connectivity index (χ1v) is 7.38. The Kier molecular flexibility index (Phi) is 4.74. The van der Waals surface area contributed by atoms with E-state index in [2.05, 4.69) is 5.32 Å². The second kappa shape index (κ2) is 7.31. The first-order valence-electron chi connectivity index (χ1n) is 7.38. The number of carbonyl (C=O) groups excluding carboxylic acids is 1. The second-order valence-corrected chi connectivity index (χ2v) is 5.07. The molecular weight excluding hydrogens is 290 g/mol. The fourth-order valence-electron chi connectivity index (χ4n) is 2.30. The van der Waals surface area contributed by atoms with Gasteiger partial charge in [0.05, 0.1) is 6.26 Å². The normalized spacial score (nSPS) is 11.7. The van der Waals surface area contributed by atoms with Gasteiger partial charge < -0.3 is 14.5 Å². The van der Waals surface area contributed by atoms with E-state index < -0.39 is 6.09 Å². The molecule has 23 heavy (non-hydrogen) atoms. The van der Waals surface area contributed by atoms with Gasteiger partial charge >= 0.3 is 6.09 Å². The van der Waals surface area contributed by atoms with Gasteiger partial charge in [0.25, 0.3) is 0 Å². The van der Waals surface area contributed by atoms with Crippen molar-refractivity contribution in [2.24, 2.45) is 0 Å². The number of hydrogen-bond donors (Lipinski definition) is 1. The average molecular weight is 307 g/mol. The molecule has 1 N–H and O–H groups in total. The van der Waals surface area contributed by atoms with Gasteiger partial charge in [-0.3, -0.25) is 0 Å². The number of furan rings is 1. The van der Waals surface area contributed by atoms with Crippen molar-refractivity contribution < 1.29 is 13.9 Å². The third-order valence-corrected chi connectivity index (χ3v) is 3.44. The fourth-order valence-corrected chi connectivity index (χ4v) is 2.30. The second-order valence-electron chi connectivity index (χ2n) is 5.07. The Bertz CT molecular complexity index is 724. The van der Waals surface area contributed by atoms with E-state index in [0.717, 1.165) is 11.1 Å². The lowest BCUT2D eigenvalue weighted by Crippen LogP contribution is -2.29. The lowest BCUT2D eigenvalue weighted by Gasteiger charge is -2.17. The summed E-state index contributed by atoms with van der Waals surface area (Å²) >= 11 is 0. The third-order valence-electron chi connectivity index (χ3n) is 3.44. The standard InChI is InChI=1S/C19H17NO3/c21-19(23-14-15-8-3-1-4-9-15)20-18(17-12-7-13-22-17)16-10-5-2-6-11-16/h1-13,18H,14H2,(H,20,21). The van der Waals surface area contributed by atoms with E-state index >= 15 is 0 Å². The Morgan fingerprint density at radius 3 is 2.30 bits per heavy atom. The van der Waals surface area contributed by atoms with Crippen LogP contribution < -0.4 is 5.32 Å². The third kappa shape index (κ3) is 4.01. The predicted molar refractivity (Wildman–Crippen MR) is 86.8 cm³/mol. The molecule has 0 aliphatic rings. The Hall–Kier alpha value is -3.01. The van der Waals surface area contributed by atoms with Crippen LogP contribution in [0.1, 0.15) is 22.9 Å². The van der Waals surface area contributed by atoms with E-state index in [1.807, 2.05) is 66.7 Å². The summed E-state index contributed by atoms with van der Waals surface area (Å²) in [5.74, 6) is 0.660. The van der Waals surface area contributed by atoms with Crippen LogP contribution in [0.4, 0.5) is 4.79 Å². The minimum Gasteiger partial charge on any atom is -0.467 e. The van der Waals surface area contributed by atoms with Crippen LogP contribution >= 0.6 is 0 Å². The van der Waals surface area contributed by atoms with Crippen LogP contribution in [0.5, 0.6) is 0 Å². The molecule has 1 atom stereocenters. The van der Waals surface area contributed by atoms with Crippen LogP contribution in [0.15, 0.2) is 83.5 Å². The molecule has 1 aromatic heterocycles. The fraction of sp³-hybridized carbons (Fsp3) is 0.105. The first kappa shape index (κ1) is 14.9. The summed E-state index contributed by atoms with van der Waals surface area (Å²) in [6, 6.07) is 22.4. The van der Waals surface area contributed by atoms with E-state index in [-0.39, 0.29) is 12.6 Å². The predicted octanol–water partition coefficient (Wildman–Crippen LogP) is 4.30. The summed E-state index contributed by atoms with van der Waals surface area (Å²) in [5, 5.41) is 2.85. The van der Waals surface area contributed by atoms with Gasteiger partial charge in [0, 0.05) is 0 Å². The van der Waals surface area contributed by atoms with Crippen molar-refractivity contribution in [2.45, 2.75) is 12.6 Å². The quantitative estimate of drug-likeness (QED) is 0.764. The molecule has 0 radical (unpaired) electrons. The number of amides is 1. The maximum Gasteiger partial charge on any atom is 0.408 e. The Morgan fingerprint density at radius 1 is 0.957 bits per heavy atom. The molecule has 0 spiro atoms. The van der Waals surface area contributed by atoms with E-state index in [0.29, 0.717) is 5.76 Å². The Balaban J connectivity index is 1.68. The highest BCUT2D eigenvalue weighted by molar-refractivity contribution is 5.68. The van der Waals surface area contributed by atoms with Crippen molar-refractivity contribution in [3.05, 3.63) is 95.9 Å². The number of hydrogen-bond acceptors (Lipinski definition) is 3. The van der Waals surface area contributed by atoms with Crippen LogP contribution in [0.3, 0.4) is 0 Å². The number of benzene rings is 2. The van der Waals surface area contributed by atoms with Gasteiger partial charge in [-0.1, -0.05) is 60.7 Å². The van der Waals surface area contributed by atoms with Crippen molar-refractivity contribution in [3.63, 3.8) is 0 Å². The molecule has 2 aromatic carbocycles. The molecular formula is C19H17NO3. The van der Waals surface area contributed by atoms with E-state index in [4.69, 9.17) is 9.15 Å². The lowest BCUT2D eigenvalue weighted by molar-refractivity contribution is 0.136.